The normalized spacial score (nSPS) is 13.3. The van der Waals surface area contributed by atoms with Crippen molar-refractivity contribution in [2.75, 3.05) is 54.1 Å². The molecule has 2 atom stereocenters. The summed E-state index contributed by atoms with van der Waals surface area (Å²) in [5.74, 6) is -0.322. The fourth-order valence-electron chi connectivity index (χ4n) is 9.44. The number of nitrogens with zero attached hydrogens (tertiary/aromatic N) is 1. The van der Waals surface area contributed by atoms with Crippen LogP contribution >= 0.6 is 7.82 Å². The number of carbonyl (C=O) groups is 1. The molecule has 0 aliphatic heterocycles. The number of ether oxygens (including phenoxy) is 2. The molecule has 69 heavy (non-hydrogen) atoms. The van der Waals surface area contributed by atoms with Crippen molar-refractivity contribution in [1.29, 1.82) is 0 Å². The van der Waals surface area contributed by atoms with Crippen LogP contribution in [-0.2, 0) is 27.9 Å². The highest BCUT2D eigenvalue weighted by atomic mass is 31.2. The second kappa shape index (κ2) is 53.8. The van der Waals surface area contributed by atoms with Crippen LogP contribution in [0.5, 0.6) is 0 Å². The molecule has 0 radical (unpaired) electrons. The molecule has 9 heteroatoms. The number of carbonyl (C=O) groups excluding carboxylic acids is 1. The van der Waals surface area contributed by atoms with E-state index in [1.165, 1.54) is 270 Å². The monoisotopic (exact) mass is 1000 g/mol. The van der Waals surface area contributed by atoms with Crippen LogP contribution in [0.25, 0.3) is 0 Å². The van der Waals surface area contributed by atoms with E-state index in [1.54, 1.807) is 0 Å². The highest BCUT2D eigenvalue weighted by Gasteiger charge is 2.20. The Kier molecular flexibility index (Phi) is 53.4. The summed E-state index contributed by atoms with van der Waals surface area (Å²) in [5, 5.41) is 0. The van der Waals surface area contributed by atoms with Crippen molar-refractivity contribution in [3.05, 3.63) is 0 Å². The topological polar surface area (TPSA) is 94.1 Å². The van der Waals surface area contributed by atoms with Gasteiger partial charge < -0.3 is 27.9 Å². The number of unbranched alkanes of at least 4 members (excludes halogenated alkanes) is 45. The molecule has 0 N–H and O–H groups in total. The first-order chi connectivity index (χ1) is 33.6. The average molecular weight is 1000 g/mol. The molecule has 0 aliphatic rings. The Hall–Kier alpha value is -0.500. The van der Waals surface area contributed by atoms with Gasteiger partial charge in [0.15, 0.2) is 0 Å². The SMILES string of the molecule is CCCCCCCCCCCCCCCCCCCCCCCCCCC(=O)OC(COCCCCCCCCCCCCCCCCCCCCCCCCC)COP(=O)([O-])OCC[N+](C)(C)C. The molecule has 0 fully saturated rings. The Morgan fingerprint density at radius 1 is 0.391 bits per heavy atom. The van der Waals surface area contributed by atoms with Gasteiger partial charge in [0.05, 0.1) is 34.4 Å². The zero-order chi connectivity index (χ0) is 50.5. The summed E-state index contributed by atoms with van der Waals surface area (Å²) in [5.41, 5.74) is 0. The van der Waals surface area contributed by atoms with Crippen molar-refractivity contribution in [2.24, 2.45) is 0 Å². The molecule has 0 amide bonds. The lowest BCUT2D eigenvalue weighted by Gasteiger charge is -2.28. The van der Waals surface area contributed by atoms with E-state index in [2.05, 4.69) is 13.8 Å². The number of esters is 1. The van der Waals surface area contributed by atoms with Gasteiger partial charge in [-0.25, -0.2) is 0 Å². The molecule has 0 saturated heterocycles. The summed E-state index contributed by atoms with van der Waals surface area (Å²) in [7, 11) is 1.38. The van der Waals surface area contributed by atoms with Gasteiger partial charge in [0.1, 0.15) is 19.3 Å². The van der Waals surface area contributed by atoms with E-state index >= 15 is 0 Å². The highest BCUT2D eigenvalue weighted by Crippen LogP contribution is 2.38. The van der Waals surface area contributed by atoms with Crippen LogP contribution in [-0.4, -0.2) is 70.7 Å². The fraction of sp³-hybridized carbons (Fsp3) is 0.983. The second-order valence-corrected chi connectivity index (χ2v) is 23.8. The lowest BCUT2D eigenvalue weighted by atomic mass is 10.0. The largest absolute Gasteiger partial charge is 0.756 e. The van der Waals surface area contributed by atoms with Crippen molar-refractivity contribution < 1.29 is 37.3 Å². The number of phosphoric ester groups is 1. The van der Waals surface area contributed by atoms with Crippen molar-refractivity contribution in [3.8, 4) is 0 Å². The molecule has 0 rings (SSSR count). The molecular weight excluding hydrogens is 878 g/mol. The maximum Gasteiger partial charge on any atom is 0.306 e. The first kappa shape index (κ1) is 68.5. The van der Waals surface area contributed by atoms with Gasteiger partial charge in [0, 0.05) is 13.0 Å². The van der Waals surface area contributed by atoms with E-state index in [-0.39, 0.29) is 25.8 Å². The van der Waals surface area contributed by atoms with Crippen LogP contribution in [0.2, 0.25) is 0 Å². The molecule has 0 bridgehead atoms. The van der Waals surface area contributed by atoms with Gasteiger partial charge >= 0.3 is 5.97 Å². The fourth-order valence-corrected chi connectivity index (χ4v) is 10.2. The van der Waals surface area contributed by atoms with E-state index < -0.39 is 13.9 Å². The molecule has 0 spiro atoms. The van der Waals surface area contributed by atoms with Crippen molar-refractivity contribution in [3.63, 3.8) is 0 Å². The zero-order valence-corrected chi connectivity index (χ0v) is 48.2. The number of phosphoric acid groups is 1. The highest BCUT2D eigenvalue weighted by molar-refractivity contribution is 7.45. The van der Waals surface area contributed by atoms with E-state index in [1.807, 2.05) is 21.1 Å². The maximum absolute atomic E-state index is 12.8. The Morgan fingerprint density at radius 3 is 0.957 bits per heavy atom. The summed E-state index contributed by atoms with van der Waals surface area (Å²) in [6.45, 7) is 5.52. The van der Waals surface area contributed by atoms with Gasteiger partial charge in [-0.2, -0.15) is 0 Å². The van der Waals surface area contributed by atoms with Crippen LogP contribution in [0.4, 0.5) is 0 Å². The summed E-state index contributed by atoms with van der Waals surface area (Å²) in [4.78, 5) is 25.3. The average Bonchev–Trinajstić information content (AvgIpc) is 3.31. The van der Waals surface area contributed by atoms with Crippen LogP contribution < -0.4 is 4.89 Å². The summed E-state index contributed by atoms with van der Waals surface area (Å²) in [6.07, 6.45) is 63.0. The standard InChI is InChI=1S/C60H122NO7P/c1-6-8-10-12-14-16-18-20-22-24-26-28-30-31-33-35-37-39-41-43-45-47-49-51-53-60(62)68-59(58-67-69(63,64)66-56-54-61(3,4)5)57-65-55-52-50-48-46-44-42-40-38-36-34-32-29-27-25-23-21-19-17-15-13-11-9-7-2/h59H,6-58H2,1-5H3. The Balaban J connectivity index is 3.97. The third-order valence-corrected chi connectivity index (χ3v) is 15.1. The number of rotatable bonds is 59. The van der Waals surface area contributed by atoms with Gasteiger partial charge in [-0.1, -0.05) is 303 Å². The van der Waals surface area contributed by atoms with Gasteiger partial charge in [0.2, 0.25) is 0 Å². The minimum atomic E-state index is -4.53. The van der Waals surface area contributed by atoms with Crippen molar-refractivity contribution in [2.45, 2.75) is 328 Å². The lowest BCUT2D eigenvalue weighted by Crippen LogP contribution is -2.37. The zero-order valence-electron chi connectivity index (χ0n) is 47.3. The summed E-state index contributed by atoms with van der Waals surface area (Å²) < 4.78 is 34.9. The van der Waals surface area contributed by atoms with Gasteiger partial charge in [-0.15, -0.1) is 0 Å². The molecule has 0 heterocycles. The van der Waals surface area contributed by atoms with Gasteiger partial charge in [-0.3, -0.25) is 9.36 Å². The Bertz CT molecular complexity index is 1070. The predicted molar refractivity (Wildman–Crippen MR) is 296 cm³/mol. The molecule has 414 valence electrons. The predicted octanol–water partition coefficient (Wildman–Crippen LogP) is 18.9. The van der Waals surface area contributed by atoms with Crippen LogP contribution in [0.1, 0.15) is 322 Å². The second-order valence-electron chi connectivity index (χ2n) is 22.4. The summed E-state index contributed by atoms with van der Waals surface area (Å²) in [6, 6.07) is 0. The van der Waals surface area contributed by atoms with Crippen LogP contribution in [0.15, 0.2) is 0 Å². The molecule has 0 aromatic heterocycles. The molecule has 0 aromatic rings. The first-order valence-electron chi connectivity index (χ1n) is 30.8. The van der Waals surface area contributed by atoms with E-state index in [9.17, 15) is 14.3 Å². The Labute approximate surface area is 431 Å². The quantitative estimate of drug-likeness (QED) is 0.0259. The van der Waals surface area contributed by atoms with Crippen molar-refractivity contribution >= 4 is 13.8 Å². The Morgan fingerprint density at radius 2 is 0.667 bits per heavy atom. The van der Waals surface area contributed by atoms with Crippen LogP contribution in [0.3, 0.4) is 0 Å². The molecule has 0 aromatic carbocycles. The summed E-state index contributed by atoms with van der Waals surface area (Å²) >= 11 is 0. The minimum absolute atomic E-state index is 0.0321. The molecule has 8 nitrogen and oxygen atoms in total. The number of likely N-dealkylation sites (N-methyl/N-ethyl adjacent to an activating group) is 1. The molecule has 0 aliphatic carbocycles. The van der Waals surface area contributed by atoms with E-state index in [4.69, 9.17) is 18.5 Å². The number of hydrogen-bond donors (Lipinski definition) is 0. The number of hydrogen-bond acceptors (Lipinski definition) is 7. The smallest absolute Gasteiger partial charge is 0.306 e. The maximum atomic E-state index is 12.8. The minimum Gasteiger partial charge on any atom is -0.756 e. The molecule has 2 unspecified atom stereocenters. The van der Waals surface area contributed by atoms with E-state index in [0.717, 1.165) is 32.1 Å². The van der Waals surface area contributed by atoms with Crippen molar-refractivity contribution in [1.82, 2.24) is 0 Å². The van der Waals surface area contributed by atoms with Gasteiger partial charge in [-0.05, 0) is 12.8 Å². The first-order valence-corrected chi connectivity index (χ1v) is 32.2. The third kappa shape index (κ3) is 58.3. The third-order valence-electron chi connectivity index (χ3n) is 14.2. The molecular formula is C60H122NO7P. The molecule has 0 saturated carbocycles. The lowest BCUT2D eigenvalue weighted by molar-refractivity contribution is -0.870. The van der Waals surface area contributed by atoms with Crippen LogP contribution in [0, 0.1) is 0 Å². The van der Waals surface area contributed by atoms with Gasteiger partial charge in [0.25, 0.3) is 7.82 Å². The number of quaternary nitrogens is 1. The van der Waals surface area contributed by atoms with E-state index in [0.29, 0.717) is 24.1 Å².